The summed E-state index contributed by atoms with van der Waals surface area (Å²) >= 11 is 0. The maximum atomic E-state index is 9.25. The van der Waals surface area contributed by atoms with E-state index in [0.29, 0.717) is 0 Å². The molecule has 0 radical (unpaired) electrons. The second kappa shape index (κ2) is 4.60. The van der Waals surface area contributed by atoms with Crippen molar-refractivity contribution in [3.8, 4) is 0 Å². The van der Waals surface area contributed by atoms with Gasteiger partial charge in [-0.05, 0) is 47.1 Å². The van der Waals surface area contributed by atoms with Gasteiger partial charge in [0.25, 0.3) is 0 Å². The lowest BCUT2D eigenvalue weighted by molar-refractivity contribution is 0.261. The van der Waals surface area contributed by atoms with Gasteiger partial charge in [0, 0.05) is 11.2 Å². The van der Waals surface area contributed by atoms with Gasteiger partial charge < -0.3 is 15.8 Å². The van der Waals surface area contributed by atoms with Gasteiger partial charge in [0.2, 0.25) is 0 Å². The molecule has 0 bridgehead atoms. The average molecular weight is 198 g/mol. The standard InChI is InChI=1S/C11H22N2O/c1-7(10(12)9(3)14)8(2)13-11(4,5)6/h9,12-14H,1-6H3/b8-7-,12-10?/t9-/m0/s1. The largest absolute Gasteiger partial charge is 0.387 e. The van der Waals surface area contributed by atoms with E-state index in [-0.39, 0.29) is 11.3 Å². The van der Waals surface area contributed by atoms with Crippen molar-refractivity contribution in [2.75, 3.05) is 0 Å². The second-order valence-corrected chi connectivity index (χ2v) is 4.71. The Morgan fingerprint density at radius 3 is 2.00 bits per heavy atom. The van der Waals surface area contributed by atoms with Crippen molar-refractivity contribution >= 4 is 5.71 Å². The van der Waals surface area contributed by atoms with Gasteiger partial charge in [-0.15, -0.1) is 0 Å². The minimum atomic E-state index is -0.702. The molecule has 14 heavy (non-hydrogen) atoms. The van der Waals surface area contributed by atoms with Crippen LogP contribution in [0.15, 0.2) is 11.3 Å². The van der Waals surface area contributed by atoms with Crippen LogP contribution in [0.3, 0.4) is 0 Å². The predicted molar refractivity (Wildman–Crippen MR) is 60.7 cm³/mol. The Morgan fingerprint density at radius 2 is 1.71 bits per heavy atom. The van der Waals surface area contributed by atoms with E-state index >= 15 is 0 Å². The van der Waals surface area contributed by atoms with E-state index in [1.165, 1.54) is 0 Å². The number of hydrogen-bond donors (Lipinski definition) is 3. The van der Waals surface area contributed by atoms with Gasteiger partial charge in [-0.1, -0.05) is 0 Å². The van der Waals surface area contributed by atoms with E-state index in [0.717, 1.165) is 11.3 Å². The summed E-state index contributed by atoms with van der Waals surface area (Å²) in [5.74, 6) is 0. The van der Waals surface area contributed by atoms with Crippen LogP contribution in [0.1, 0.15) is 41.5 Å². The Balaban J connectivity index is 4.68. The molecule has 3 heteroatoms. The predicted octanol–water partition coefficient (Wildman–Crippen LogP) is 2.07. The molecule has 0 aliphatic heterocycles. The number of hydrogen-bond acceptors (Lipinski definition) is 3. The first kappa shape index (κ1) is 13.2. The smallest absolute Gasteiger partial charge is 0.0928 e. The Kier molecular flexibility index (Phi) is 4.33. The highest BCUT2D eigenvalue weighted by atomic mass is 16.3. The van der Waals surface area contributed by atoms with Crippen molar-refractivity contribution in [2.45, 2.75) is 53.2 Å². The van der Waals surface area contributed by atoms with Crippen molar-refractivity contribution < 1.29 is 5.11 Å². The topological polar surface area (TPSA) is 56.1 Å². The first-order valence-electron chi connectivity index (χ1n) is 4.87. The molecule has 0 fully saturated rings. The summed E-state index contributed by atoms with van der Waals surface area (Å²) < 4.78 is 0. The van der Waals surface area contributed by atoms with E-state index in [9.17, 15) is 5.11 Å². The molecular weight excluding hydrogens is 176 g/mol. The third kappa shape index (κ3) is 4.42. The van der Waals surface area contributed by atoms with E-state index in [2.05, 4.69) is 26.1 Å². The first-order valence-corrected chi connectivity index (χ1v) is 4.87. The molecule has 0 aromatic heterocycles. The fraction of sp³-hybridized carbons (Fsp3) is 0.727. The summed E-state index contributed by atoms with van der Waals surface area (Å²) in [5.41, 5.74) is 2.03. The highest BCUT2D eigenvalue weighted by Crippen LogP contribution is 2.09. The van der Waals surface area contributed by atoms with Gasteiger partial charge in [-0.3, -0.25) is 0 Å². The zero-order valence-electron chi connectivity index (χ0n) is 10.0. The van der Waals surface area contributed by atoms with Crippen LogP contribution in [0, 0.1) is 5.41 Å². The molecule has 3 nitrogen and oxygen atoms in total. The molecule has 0 spiro atoms. The Hall–Kier alpha value is -0.830. The molecule has 0 heterocycles. The third-order valence-corrected chi connectivity index (χ3v) is 1.95. The Labute approximate surface area is 86.7 Å². The monoisotopic (exact) mass is 198 g/mol. The van der Waals surface area contributed by atoms with Crippen molar-refractivity contribution in [1.29, 1.82) is 5.41 Å². The first-order chi connectivity index (χ1) is 6.15. The van der Waals surface area contributed by atoms with Crippen LogP contribution in [0.25, 0.3) is 0 Å². The van der Waals surface area contributed by atoms with Gasteiger partial charge in [0.15, 0.2) is 0 Å². The Bertz CT molecular complexity index is 247. The molecule has 0 saturated heterocycles. The molecule has 0 aromatic carbocycles. The number of aliphatic hydroxyl groups excluding tert-OH is 1. The molecule has 0 unspecified atom stereocenters. The van der Waals surface area contributed by atoms with Gasteiger partial charge in [-0.2, -0.15) is 0 Å². The molecule has 0 amide bonds. The minimum absolute atomic E-state index is 0.00961. The van der Waals surface area contributed by atoms with Crippen molar-refractivity contribution in [1.82, 2.24) is 5.32 Å². The van der Waals surface area contributed by atoms with Gasteiger partial charge in [0.05, 0.1) is 11.8 Å². The molecule has 0 aliphatic carbocycles. The lowest BCUT2D eigenvalue weighted by Gasteiger charge is -2.24. The maximum absolute atomic E-state index is 9.25. The van der Waals surface area contributed by atoms with E-state index in [1.807, 2.05) is 13.8 Å². The zero-order valence-corrected chi connectivity index (χ0v) is 10.0. The summed E-state index contributed by atoms with van der Waals surface area (Å²) in [6.07, 6.45) is -0.702. The Morgan fingerprint density at radius 1 is 1.29 bits per heavy atom. The zero-order chi connectivity index (χ0) is 11.5. The molecular formula is C11H22N2O. The van der Waals surface area contributed by atoms with E-state index in [1.54, 1.807) is 6.92 Å². The van der Waals surface area contributed by atoms with Crippen LogP contribution in [0.5, 0.6) is 0 Å². The molecule has 0 rings (SSSR count). The summed E-state index contributed by atoms with van der Waals surface area (Å²) in [7, 11) is 0. The fourth-order valence-electron chi connectivity index (χ4n) is 1.17. The van der Waals surface area contributed by atoms with E-state index < -0.39 is 6.10 Å². The average Bonchev–Trinajstić information content (AvgIpc) is 1.98. The second-order valence-electron chi connectivity index (χ2n) is 4.71. The quantitative estimate of drug-likeness (QED) is 0.608. The van der Waals surface area contributed by atoms with Crippen molar-refractivity contribution in [3.63, 3.8) is 0 Å². The number of allylic oxidation sites excluding steroid dienone is 1. The van der Waals surface area contributed by atoms with Crippen LogP contribution >= 0.6 is 0 Å². The molecule has 0 aliphatic rings. The summed E-state index contributed by atoms with van der Waals surface area (Å²) in [4.78, 5) is 0. The molecule has 0 aromatic rings. The normalized spacial score (nSPS) is 15.9. The van der Waals surface area contributed by atoms with Gasteiger partial charge in [0.1, 0.15) is 0 Å². The molecule has 82 valence electrons. The van der Waals surface area contributed by atoms with Crippen LogP contribution in [-0.2, 0) is 0 Å². The molecule has 0 saturated carbocycles. The maximum Gasteiger partial charge on any atom is 0.0928 e. The number of rotatable bonds is 3. The third-order valence-electron chi connectivity index (χ3n) is 1.95. The van der Waals surface area contributed by atoms with E-state index in [4.69, 9.17) is 5.41 Å². The lowest BCUT2D eigenvalue weighted by Crippen LogP contribution is -2.35. The summed E-state index contributed by atoms with van der Waals surface area (Å²) in [6, 6.07) is 0. The minimum Gasteiger partial charge on any atom is -0.387 e. The van der Waals surface area contributed by atoms with Crippen LogP contribution < -0.4 is 5.32 Å². The highest BCUT2D eigenvalue weighted by molar-refractivity contribution is 6.00. The number of nitrogens with one attached hydrogen (secondary N) is 2. The van der Waals surface area contributed by atoms with Crippen molar-refractivity contribution in [2.24, 2.45) is 0 Å². The van der Waals surface area contributed by atoms with Crippen LogP contribution in [0.2, 0.25) is 0 Å². The molecule has 1 atom stereocenters. The summed E-state index contributed by atoms with van der Waals surface area (Å²) in [5, 5.41) is 20.2. The van der Waals surface area contributed by atoms with Crippen LogP contribution in [0.4, 0.5) is 0 Å². The van der Waals surface area contributed by atoms with Crippen LogP contribution in [-0.4, -0.2) is 22.5 Å². The fourth-order valence-corrected chi connectivity index (χ4v) is 1.17. The lowest BCUT2D eigenvalue weighted by atomic mass is 10.0. The highest BCUT2D eigenvalue weighted by Gasteiger charge is 2.13. The van der Waals surface area contributed by atoms with Gasteiger partial charge in [-0.25, -0.2) is 0 Å². The van der Waals surface area contributed by atoms with Gasteiger partial charge >= 0.3 is 0 Å². The molecule has 3 N–H and O–H groups in total. The number of aliphatic hydroxyl groups is 1. The van der Waals surface area contributed by atoms with Crippen molar-refractivity contribution in [3.05, 3.63) is 11.3 Å². The SMILES string of the molecule is C/C(NC(C)(C)C)=C(\C)C(=N)[C@H](C)O. The summed E-state index contributed by atoms with van der Waals surface area (Å²) in [6.45, 7) is 11.6.